The van der Waals surface area contributed by atoms with Crippen molar-refractivity contribution in [3.8, 4) is 0 Å². The maximum atomic E-state index is 12.9. The number of rotatable bonds is 2. The molecule has 2 unspecified atom stereocenters. The Hall–Kier alpha value is -1.08. The molecule has 20 heavy (non-hydrogen) atoms. The summed E-state index contributed by atoms with van der Waals surface area (Å²) in [6.45, 7) is 0. The molecule has 0 aliphatic heterocycles. The molecule has 110 valence electrons. The van der Waals surface area contributed by atoms with Crippen molar-refractivity contribution in [2.75, 3.05) is 5.32 Å². The molecule has 1 aromatic rings. The average Bonchev–Trinajstić information content (AvgIpc) is 2.77. The van der Waals surface area contributed by atoms with E-state index in [1.807, 2.05) is 0 Å². The van der Waals surface area contributed by atoms with Gasteiger partial charge in [-0.3, -0.25) is 4.79 Å². The smallest absolute Gasteiger partial charge is 0.328 e. The lowest BCUT2D eigenvalue weighted by Crippen LogP contribution is -2.24. The third-order valence-corrected chi connectivity index (χ3v) is 3.88. The minimum absolute atomic E-state index is 0.0437. The minimum Gasteiger partial charge on any atom is -0.328 e. The number of hydrogen-bond acceptors (Lipinski definition) is 2. The highest BCUT2D eigenvalue weighted by atomic mass is 79.9. The van der Waals surface area contributed by atoms with Crippen LogP contribution in [0.4, 0.5) is 18.9 Å². The number of carbonyl (C=O) groups excluding carboxylic acids is 1. The van der Waals surface area contributed by atoms with Gasteiger partial charge in [-0.2, -0.15) is 13.2 Å². The third kappa shape index (κ3) is 3.52. The largest absolute Gasteiger partial charge is 0.418 e. The molecule has 2 rings (SSSR count). The van der Waals surface area contributed by atoms with E-state index in [2.05, 4.69) is 21.2 Å². The van der Waals surface area contributed by atoms with Gasteiger partial charge in [0.15, 0.2) is 0 Å². The van der Waals surface area contributed by atoms with Crippen LogP contribution in [-0.4, -0.2) is 11.9 Å². The van der Waals surface area contributed by atoms with E-state index < -0.39 is 17.6 Å². The first-order chi connectivity index (χ1) is 9.27. The second kappa shape index (κ2) is 5.73. The lowest BCUT2D eigenvalue weighted by atomic mass is 10.1. The molecule has 1 aliphatic carbocycles. The van der Waals surface area contributed by atoms with Gasteiger partial charge in [0.1, 0.15) is 0 Å². The topological polar surface area (TPSA) is 55.1 Å². The summed E-state index contributed by atoms with van der Waals surface area (Å²) in [7, 11) is 0. The molecular formula is C13H14BrF3N2O. The Balaban J connectivity index is 2.19. The molecule has 1 aromatic carbocycles. The zero-order valence-electron chi connectivity index (χ0n) is 10.5. The van der Waals surface area contributed by atoms with Crippen molar-refractivity contribution >= 4 is 27.5 Å². The Kier molecular flexibility index (Phi) is 4.39. The van der Waals surface area contributed by atoms with E-state index in [1.165, 1.54) is 12.1 Å². The van der Waals surface area contributed by atoms with Gasteiger partial charge in [0, 0.05) is 16.4 Å². The van der Waals surface area contributed by atoms with E-state index in [1.54, 1.807) is 0 Å². The normalized spacial score (nSPS) is 22.9. The van der Waals surface area contributed by atoms with Crippen LogP contribution >= 0.6 is 15.9 Å². The second-order valence-electron chi connectivity index (χ2n) is 4.95. The molecule has 0 bridgehead atoms. The van der Waals surface area contributed by atoms with Gasteiger partial charge in [-0.1, -0.05) is 15.9 Å². The molecule has 0 heterocycles. The zero-order valence-corrected chi connectivity index (χ0v) is 12.1. The van der Waals surface area contributed by atoms with Gasteiger partial charge in [0.05, 0.1) is 11.3 Å². The lowest BCUT2D eigenvalue weighted by molar-refractivity contribution is -0.137. The van der Waals surface area contributed by atoms with Gasteiger partial charge < -0.3 is 11.1 Å². The van der Waals surface area contributed by atoms with Crippen LogP contribution in [0.1, 0.15) is 24.8 Å². The average molecular weight is 351 g/mol. The number of anilines is 1. The number of halogens is 4. The van der Waals surface area contributed by atoms with Crippen molar-refractivity contribution in [1.29, 1.82) is 0 Å². The molecule has 3 N–H and O–H groups in total. The van der Waals surface area contributed by atoms with Gasteiger partial charge >= 0.3 is 6.18 Å². The Morgan fingerprint density at radius 2 is 2.05 bits per heavy atom. The van der Waals surface area contributed by atoms with Crippen LogP contribution in [-0.2, 0) is 11.0 Å². The van der Waals surface area contributed by atoms with E-state index in [-0.39, 0.29) is 17.6 Å². The summed E-state index contributed by atoms with van der Waals surface area (Å²) in [4.78, 5) is 12.0. The van der Waals surface area contributed by atoms with Crippen molar-refractivity contribution in [2.24, 2.45) is 11.7 Å². The Bertz CT molecular complexity index is 519. The molecule has 1 fully saturated rings. The maximum Gasteiger partial charge on any atom is 0.418 e. The fourth-order valence-electron chi connectivity index (χ4n) is 2.35. The summed E-state index contributed by atoms with van der Waals surface area (Å²) in [5.74, 6) is -0.708. The van der Waals surface area contributed by atoms with Crippen LogP contribution in [0.25, 0.3) is 0 Å². The van der Waals surface area contributed by atoms with Crippen molar-refractivity contribution in [2.45, 2.75) is 31.5 Å². The first kappa shape index (κ1) is 15.3. The van der Waals surface area contributed by atoms with Crippen LogP contribution in [0, 0.1) is 5.92 Å². The van der Waals surface area contributed by atoms with E-state index in [9.17, 15) is 18.0 Å². The standard InChI is InChI=1S/C13H14BrF3N2O/c14-8-2-4-11(10(6-8)13(15,16)17)19-12(20)7-1-3-9(18)5-7/h2,4,6-7,9H,1,3,5,18H2,(H,19,20). The maximum absolute atomic E-state index is 12.9. The van der Waals surface area contributed by atoms with E-state index in [0.29, 0.717) is 17.3 Å². The number of alkyl halides is 3. The Morgan fingerprint density at radius 3 is 2.60 bits per heavy atom. The Morgan fingerprint density at radius 1 is 1.35 bits per heavy atom. The van der Waals surface area contributed by atoms with Gasteiger partial charge in [-0.25, -0.2) is 0 Å². The monoisotopic (exact) mass is 350 g/mol. The molecule has 7 heteroatoms. The molecule has 0 saturated heterocycles. The molecule has 0 spiro atoms. The lowest BCUT2D eigenvalue weighted by Gasteiger charge is -2.16. The van der Waals surface area contributed by atoms with Crippen LogP contribution in [0.15, 0.2) is 22.7 Å². The summed E-state index contributed by atoms with van der Waals surface area (Å²) in [6, 6.07) is 3.62. The van der Waals surface area contributed by atoms with Crippen LogP contribution < -0.4 is 11.1 Å². The second-order valence-corrected chi connectivity index (χ2v) is 5.86. The summed E-state index contributed by atoms with van der Waals surface area (Å²) >= 11 is 3.00. The van der Waals surface area contributed by atoms with Crippen LogP contribution in [0.5, 0.6) is 0 Å². The van der Waals surface area contributed by atoms with Crippen LogP contribution in [0.3, 0.4) is 0 Å². The molecule has 1 saturated carbocycles. The predicted octanol–water partition coefficient (Wildman–Crippen LogP) is 3.53. The summed E-state index contributed by atoms with van der Waals surface area (Å²) in [6.07, 6.45) is -2.66. The van der Waals surface area contributed by atoms with E-state index >= 15 is 0 Å². The number of nitrogens with two attached hydrogens (primary N) is 1. The van der Waals surface area contributed by atoms with E-state index in [4.69, 9.17) is 5.73 Å². The fourth-order valence-corrected chi connectivity index (χ4v) is 2.71. The molecule has 1 amide bonds. The Labute approximate surface area is 122 Å². The summed E-state index contributed by atoms with van der Waals surface area (Å²) in [5.41, 5.74) is 4.63. The number of hydrogen-bond donors (Lipinski definition) is 2. The van der Waals surface area contributed by atoms with Crippen molar-refractivity contribution in [3.63, 3.8) is 0 Å². The number of amides is 1. The first-order valence-electron chi connectivity index (χ1n) is 6.20. The molecule has 1 aliphatic rings. The van der Waals surface area contributed by atoms with Gasteiger partial charge in [-0.05, 0) is 37.5 Å². The number of nitrogens with one attached hydrogen (secondary N) is 1. The highest BCUT2D eigenvalue weighted by Gasteiger charge is 2.35. The van der Waals surface area contributed by atoms with E-state index in [0.717, 1.165) is 12.5 Å². The summed E-state index contributed by atoms with van der Waals surface area (Å²) < 4.78 is 39.1. The molecular weight excluding hydrogens is 337 g/mol. The van der Waals surface area contributed by atoms with Crippen molar-refractivity contribution in [3.05, 3.63) is 28.2 Å². The number of benzene rings is 1. The van der Waals surface area contributed by atoms with Gasteiger partial charge in [0.25, 0.3) is 0 Å². The SMILES string of the molecule is NC1CCC(C(=O)Nc2ccc(Br)cc2C(F)(F)F)C1. The highest BCUT2D eigenvalue weighted by molar-refractivity contribution is 9.10. The number of carbonyl (C=O) groups is 1. The molecule has 2 atom stereocenters. The summed E-state index contributed by atoms with van der Waals surface area (Å²) in [5, 5.41) is 2.37. The first-order valence-corrected chi connectivity index (χ1v) is 7.00. The highest BCUT2D eigenvalue weighted by Crippen LogP contribution is 2.37. The van der Waals surface area contributed by atoms with Crippen LogP contribution in [0.2, 0.25) is 0 Å². The predicted molar refractivity (Wildman–Crippen MR) is 73.1 cm³/mol. The van der Waals surface area contributed by atoms with Gasteiger partial charge in [0.2, 0.25) is 5.91 Å². The zero-order chi connectivity index (χ0) is 14.9. The molecule has 0 radical (unpaired) electrons. The van der Waals surface area contributed by atoms with Crippen molar-refractivity contribution in [1.82, 2.24) is 0 Å². The third-order valence-electron chi connectivity index (χ3n) is 3.39. The van der Waals surface area contributed by atoms with Crippen molar-refractivity contribution < 1.29 is 18.0 Å². The quantitative estimate of drug-likeness (QED) is 0.857. The molecule has 3 nitrogen and oxygen atoms in total. The molecule has 0 aromatic heterocycles. The fraction of sp³-hybridized carbons (Fsp3) is 0.462. The van der Waals surface area contributed by atoms with Gasteiger partial charge in [-0.15, -0.1) is 0 Å². The minimum atomic E-state index is -4.52.